The number of sulfone groups is 1. The highest BCUT2D eigenvalue weighted by Gasteiger charge is 2.35. The molecule has 0 amide bonds. The first-order valence-electron chi connectivity index (χ1n) is 5.46. The van der Waals surface area contributed by atoms with E-state index >= 15 is 0 Å². The van der Waals surface area contributed by atoms with Crippen LogP contribution in [0.1, 0.15) is 6.92 Å². The van der Waals surface area contributed by atoms with Crippen LogP contribution in [0.5, 0.6) is 0 Å². The topological polar surface area (TPSA) is 63.4 Å². The minimum Gasteiger partial charge on any atom is -0.367 e. The van der Waals surface area contributed by atoms with Gasteiger partial charge in [0, 0.05) is 24.1 Å². The number of hydrogen-bond acceptors (Lipinski definition) is 4. The van der Waals surface area contributed by atoms with E-state index < -0.39 is 15.1 Å². The van der Waals surface area contributed by atoms with Crippen molar-refractivity contribution in [3.05, 3.63) is 22.7 Å². The van der Waals surface area contributed by atoms with Crippen molar-refractivity contribution in [3.63, 3.8) is 0 Å². The van der Waals surface area contributed by atoms with Crippen LogP contribution in [0, 0.1) is 0 Å². The van der Waals surface area contributed by atoms with Crippen LogP contribution in [0.4, 0.5) is 5.69 Å². The fourth-order valence-electron chi connectivity index (χ4n) is 2.11. The number of para-hydroxylation sites is 1. The second-order valence-electron chi connectivity index (χ2n) is 4.18. The molecule has 0 saturated carbocycles. The Morgan fingerprint density at radius 1 is 1.53 bits per heavy atom. The summed E-state index contributed by atoms with van der Waals surface area (Å²) in [5, 5.41) is -0.393. The minimum atomic E-state index is -3.21. The highest BCUT2D eigenvalue weighted by Crippen LogP contribution is 2.38. The normalized spacial score (nSPS) is 22.3. The Balaban J connectivity index is 2.63. The van der Waals surface area contributed by atoms with Crippen LogP contribution in [0.2, 0.25) is 0 Å². The fourth-order valence-corrected chi connectivity index (χ4v) is 4.44. The average Bonchev–Trinajstić information content (AvgIpc) is 2.26. The minimum absolute atomic E-state index is 0.393. The number of halogens is 1. The van der Waals surface area contributed by atoms with E-state index in [1.807, 2.05) is 11.0 Å². The molecule has 0 radical (unpaired) electrons. The summed E-state index contributed by atoms with van der Waals surface area (Å²) in [6.07, 6.45) is 0. The Morgan fingerprint density at radius 3 is 2.88 bits per heavy atom. The summed E-state index contributed by atoms with van der Waals surface area (Å²) in [6.45, 7) is 3.40. The van der Waals surface area contributed by atoms with Crippen molar-refractivity contribution in [3.8, 4) is 0 Å². The van der Waals surface area contributed by atoms with Gasteiger partial charge in [0.05, 0.1) is 15.8 Å². The Hall–Kier alpha value is -0.590. The zero-order valence-corrected chi connectivity index (χ0v) is 12.0. The van der Waals surface area contributed by atoms with Crippen LogP contribution in [0.15, 0.2) is 27.6 Å². The first-order chi connectivity index (χ1) is 7.98. The molecule has 0 fully saturated rings. The molecule has 0 saturated heterocycles. The summed E-state index contributed by atoms with van der Waals surface area (Å²) in [7, 11) is -3.21. The lowest BCUT2D eigenvalue weighted by Gasteiger charge is -2.34. The summed E-state index contributed by atoms with van der Waals surface area (Å²) in [6, 6.07) is 5.27. The van der Waals surface area contributed by atoms with E-state index in [2.05, 4.69) is 15.9 Å². The summed E-state index contributed by atoms with van der Waals surface area (Å²) >= 11 is 3.42. The molecule has 0 bridgehead atoms. The van der Waals surface area contributed by atoms with Crippen LogP contribution in [0.25, 0.3) is 0 Å². The lowest BCUT2D eigenvalue weighted by atomic mass is 10.2. The summed E-state index contributed by atoms with van der Waals surface area (Å²) in [5.41, 5.74) is 6.32. The van der Waals surface area contributed by atoms with Gasteiger partial charge in [0.15, 0.2) is 9.84 Å². The zero-order chi connectivity index (χ0) is 12.6. The van der Waals surface area contributed by atoms with Crippen molar-refractivity contribution in [2.75, 3.05) is 24.5 Å². The van der Waals surface area contributed by atoms with E-state index in [1.165, 1.54) is 0 Å². The molecular formula is C11H15BrN2O2S. The van der Waals surface area contributed by atoms with E-state index in [9.17, 15) is 8.42 Å². The number of nitrogens with zero attached hydrogens (tertiary/aromatic N) is 1. The van der Waals surface area contributed by atoms with E-state index in [1.54, 1.807) is 19.1 Å². The molecule has 1 aromatic rings. The number of hydrogen-bond donors (Lipinski definition) is 1. The molecular weight excluding hydrogens is 304 g/mol. The van der Waals surface area contributed by atoms with Crippen LogP contribution in [0.3, 0.4) is 0 Å². The van der Waals surface area contributed by atoms with Crippen LogP contribution < -0.4 is 10.6 Å². The molecule has 1 heterocycles. The SMILES string of the molecule is CC1CN(CCN)c2c(Br)cccc2S1(=O)=O. The maximum atomic E-state index is 12.2. The Labute approximate surface area is 110 Å². The largest absolute Gasteiger partial charge is 0.367 e. The monoisotopic (exact) mass is 318 g/mol. The van der Waals surface area contributed by atoms with Gasteiger partial charge in [-0.2, -0.15) is 0 Å². The van der Waals surface area contributed by atoms with E-state index in [4.69, 9.17) is 5.73 Å². The molecule has 0 aliphatic carbocycles. The Kier molecular flexibility index (Phi) is 3.47. The standard InChI is InChI=1S/C11H15BrN2O2S/c1-8-7-14(6-5-13)11-9(12)3-2-4-10(11)17(8,15)16/h2-4,8H,5-7,13H2,1H3. The summed E-state index contributed by atoms with van der Waals surface area (Å²) in [5.74, 6) is 0. The van der Waals surface area contributed by atoms with Gasteiger partial charge in [0.25, 0.3) is 0 Å². The van der Waals surface area contributed by atoms with Crippen molar-refractivity contribution >= 4 is 31.5 Å². The molecule has 1 atom stereocenters. The van der Waals surface area contributed by atoms with Gasteiger partial charge in [0.1, 0.15) is 0 Å². The molecule has 1 aliphatic heterocycles. The van der Waals surface area contributed by atoms with Crippen molar-refractivity contribution in [1.29, 1.82) is 0 Å². The number of fused-ring (bicyclic) bond motifs is 1. The molecule has 2 rings (SSSR count). The van der Waals surface area contributed by atoms with Crippen molar-refractivity contribution in [2.45, 2.75) is 17.1 Å². The molecule has 17 heavy (non-hydrogen) atoms. The quantitative estimate of drug-likeness (QED) is 0.895. The molecule has 0 spiro atoms. The van der Waals surface area contributed by atoms with Crippen molar-refractivity contribution in [2.24, 2.45) is 5.73 Å². The van der Waals surface area contributed by atoms with E-state index in [-0.39, 0.29) is 0 Å². The van der Waals surface area contributed by atoms with Gasteiger partial charge in [-0.1, -0.05) is 6.07 Å². The third-order valence-electron chi connectivity index (χ3n) is 2.98. The van der Waals surface area contributed by atoms with Crippen LogP contribution in [-0.2, 0) is 9.84 Å². The lowest BCUT2D eigenvalue weighted by molar-refractivity contribution is 0.572. The van der Waals surface area contributed by atoms with E-state index in [0.29, 0.717) is 24.5 Å². The molecule has 2 N–H and O–H groups in total. The van der Waals surface area contributed by atoms with Gasteiger partial charge in [0.2, 0.25) is 0 Å². The molecule has 1 aromatic carbocycles. The molecule has 0 aromatic heterocycles. The van der Waals surface area contributed by atoms with Crippen molar-refractivity contribution in [1.82, 2.24) is 0 Å². The third kappa shape index (κ3) is 2.09. The van der Waals surface area contributed by atoms with Gasteiger partial charge in [-0.3, -0.25) is 0 Å². The maximum Gasteiger partial charge on any atom is 0.184 e. The highest BCUT2D eigenvalue weighted by molar-refractivity contribution is 9.10. The molecule has 1 aliphatic rings. The third-order valence-corrected chi connectivity index (χ3v) is 5.77. The van der Waals surface area contributed by atoms with Crippen molar-refractivity contribution < 1.29 is 8.42 Å². The predicted octanol–water partition coefficient (Wildman–Crippen LogP) is 1.39. The lowest BCUT2D eigenvalue weighted by Crippen LogP contribution is -2.43. The van der Waals surface area contributed by atoms with Gasteiger partial charge >= 0.3 is 0 Å². The number of rotatable bonds is 2. The molecule has 4 nitrogen and oxygen atoms in total. The second kappa shape index (κ2) is 4.59. The maximum absolute atomic E-state index is 12.2. The number of benzene rings is 1. The molecule has 1 unspecified atom stereocenters. The van der Waals surface area contributed by atoms with Gasteiger partial charge in [-0.15, -0.1) is 0 Å². The average molecular weight is 319 g/mol. The van der Waals surface area contributed by atoms with E-state index in [0.717, 1.165) is 10.2 Å². The Morgan fingerprint density at radius 2 is 2.24 bits per heavy atom. The smallest absolute Gasteiger partial charge is 0.184 e. The Bertz CT molecular complexity index is 530. The summed E-state index contributed by atoms with van der Waals surface area (Å²) in [4.78, 5) is 2.43. The van der Waals surface area contributed by atoms with Gasteiger partial charge < -0.3 is 10.6 Å². The number of anilines is 1. The first kappa shape index (κ1) is 12.9. The first-order valence-corrected chi connectivity index (χ1v) is 7.80. The second-order valence-corrected chi connectivity index (χ2v) is 7.37. The van der Waals surface area contributed by atoms with Crippen LogP contribution in [-0.4, -0.2) is 33.3 Å². The predicted molar refractivity (Wildman–Crippen MR) is 72.1 cm³/mol. The van der Waals surface area contributed by atoms with Crippen LogP contribution >= 0.6 is 15.9 Å². The van der Waals surface area contributed by atoms with Gasteiger partial charge in [-0.25, -0.2) is 8.42 Å². The highest BCUT2D eigenvalue weighted by atomic mass is 79.9. The number of nitrogens with two attached hydrogens (primary N) is 1. The molecule has 94 valence electrons. The fraction of sp³-hybridized carbons (Fsp3) is 0.455. The summed E-state index contributed by atoms with van der Waals surface area (Å²) < 4.78 is 25.3. The van der Waals surface area contributed by atoms with Gasteiger partial charge in [-0.05, 0) is 35.0 Å². The zero-order valence-electron chi connectivity index (χ0n) is 9.56. The molecule has 6 heteroatoms.